The van der Waals surface area contributed by atoms with Gasteiger partial charge in [0.15, 0.2) is 4.60 Å². The van der Waals surface area contributed by atoms with Crippen LogP contribution in [0.5, 0.6) is 0 Å². The Morgan fingerprint density at radius 2 is 2.16 bits per heavy atom. The molecule has 6 nitrogen and oxygen atoms in total. The van der Waals surface area contributed by atoms with E-state index in [-0.39, 0.29) is 6.04 Å². The minimum absolute atomic E-state index is 0.172. The first-order chi connectivity index (χ1) is 9.04. The van der Waals surface area contributed by atoms with Gasteiger partial charge in [-0.15, -0.1) is 5.10 Å². The van der Waals surface area contributed by atoms with Crippen molar-refractivity contribution in [3.63, 3.8) is 0 Å². The summed E-state index contributed by atoms with van der Waals surface area (Å²) < 4.78 is 2.39. The van der Waals surface area contributed by atoms with E-state index in [2.05, 4.69) is 37.7 Å². The molecule has 1 atom stereocenters. The van der Waals surface area contributed by atoms with Gasteiger partial charge in [-0.1, -0.05) is 17.3 Å². The molecule has 1 unspecified atom stereocenters. The van der Waals surface area contributed by atoms with Gasteiger partial charge in [0, 0.05) is 26.8 Å². The molecule has 19 heavy (non-hydrogen) atoms. The number of anilines is 1. The molecule has 0 aliphatic carbocycles. The molecule has 0 spiro atoms. The number of hydrazine groups is 1. The fraction of sp³-hybridized carbons (Fsp3) is 0.333. The van der Waals surface area contributed by atoms with E-state index in [0.29, 0.717) is 4.60 Å². The zero-order chi connectivity index (χ0) is 14.0. The molecular formula is C12H17BrN6. The van der Waals surface area contributed by atoms with E-state index in [1.165, 1.54) is 0 Å². The van der Waals surface area contributed by atoms with Crippen molar-refractivity contribution >= 4 is 21.6 Å². The van der Waals surface area contributed by atoms with Crippen molar-refractivity contribution in [1.82, 2.24) is 20.4 Å². The Morgan fingerprint density at radius 3 is 2.68 bits per heavy atom. The number of hydrogen-bond donors (Lipinski definition) is 2. The van der Waals surface area contributed by atoms with E-state index in [1.807, 2.05) is 44.2 Å². The molecule has 7 heteroatoms. The van der Waals surface area contributed by atoms with Crippen molar-refractivity contribution < 1.29 is 0 Å². The highest BCUT2D eigenvalue weighted by Crippen LogP contribution is 2.28. The number of aryl methyl sites for hydroxylation is 1. The highest BCUT2D eigenvalue weighted by atomic mass is 79.9. The highest BCUT2D eigenvalue weighted by molar-refractivity contribution is 9.10. The number of nitrogens with one attached hydrogen (secondary N) is 1. The summed E-state index contributed by atoms with van der Waals surface area (Å²) >= 11 is 3.40. The fourth-order valence-electron chi connectivity index (χ4n) is 1.96. The maximum Gasteiger partial charge on any atom is 0.153 e. The van der Waals surface area contributed by atoms with Gasteiger partial charge in [0.2, 0.25) is 0 Å². The Kier molecular flexibility index (Phi) is 4.18. The SMILES string of the molecule is CN(C)c1cccc(C(NN)c2c(Br)nnn2C)c1. The maximum absolute atomic E-state index is 5.71. The topological polar surface area (TPSA) is 72.0 Å². The Hall–Kier alpha value is -1.44. The second kappa shape index (κ2) is 5.68. The van der Waals surface area contributed by atoms with Crippen LogP contribution < -0.4 is 16.2 Å². The fourth-order valence-corrected chi connectivity index (χ4v) is 2.52. The van der Waals surface area contributed by atoms with Crippen LogP contribution in [0.4, 0.5) is 5.69 Å². The Labute approximate surface area is 120 Å². The number of nitrogens with zero attached hydrogens (tertiary/aromatic N) is 4. The van der Waals surface area contributed by atoms with Gasteiger partial charge in [-0.2, -0.15) is 0 Å². The van der Waals surface area contributed by atoms with E-state index in [4.69, 9.17) is 5.84 Å². The Balaban J connectivity index is 2.45. The Morgan fingerprint density at radius 1 is 1.42 bits per heavy atom. The van der Waals surface area contributed by atoms with Gasteiger partial charge in [0.25, 0.3) is 0 Å². The molecule has 0 amide bonds. The van der Waals surface area contributed by atoms with Gasteiger partial charge < -0.3 is 4.90 Å². The third-order valence-corrected chi connectivity index (χ3v) is 3.55. The number of halogens is 1. The summed E-state index contributed by atoms with van der Waals surface area (Å²) in [5, 5.41) is 7.97. The van der Waals surface area contributed by atoms with Gasteiger partial charge in [0.05, 0.1) is 11.7 Å². The quantitative estimate of drug-likeness (QED) is 0.653. The standard InChI is InChI=1S/C12H17BrN6/c1-18(2)9-6-4-5-8(7-9)10(15-14)11-12(13)16-17-19(11)3/h4-7,10,15H,14H2,1-3H3. The second-order valence-corrected chi connectivity index (χ2v) is 5.23. The van der Waals surface area contributed by atoms with Crippen LogP contribution in [-0.4, -0.2) is 29.1 Å². The summed E-state index contributed by atoms with van der Waals surface area (Å²) in [6, 6.07) is 8.00. The summed E-state index contributed by atoms with van der Waals surface area (Å²) in [5.41, 5.74) is 5.88. The number of hydrogen-bond acceptors (Lipinski definition) is 5. The molecule has 0 fully saturated rings. The van der Waals surface area contributed by atoms with Gasteiger partial charge in [0.1, 0.15) is 0 Å². The molecule has 1 aromatic carbocycles. The maximum atomic E-state index is 5.71. The van der Waals surface area contributed by atoms with Crippen LogP contribution in [0.3, 0.4) is 0 Å². The third kappa shape index (κ3) is 2.78. The van der Waals surface area contributed by atoms with Crippen LogP contribution in [0, 0.1) is 0 Å². The van der Waals surface area contributed by atoms with Crippen molar-refractivity contribution in [3.8, 4) is 0 Å². The van der Waals surface area contributed by atoms with Crippen LogP contribution in [0.1, 0.15) is 17.3 Å². The monoisotopic (exact) mass is 324 g/mol. The van der Waals surface area contributed by atoms with Crippen LogP contribution >= 0.6 is 15.9 Å². The van der Waals surface area contributed by atoms with E-state index < -0.39 is 0 Å². The van der Waals surface area contributed by atoms with E-state index in [1.54, 1.807) is 4.68 Å². The van der Waals surface area contributed by atoms with Gasteiger partial charge in [-0.3, -0.25) is 5.84 Å². The lowest BCUT2D eigenvalue weighted by atomic mass is 10.0. The molecule has 0 saturated carbocycles. The lowest BCUT2D eigenvalue weighted by Gasteiger charge is -2.19. The largest absolute Gasteiger partial charge is 0.378 e. The summed E-state index contributed by atoms with van der Waals surface area (Å²) in [6.07, 6.45) is 0. The first-order valence-corrected chi connectivity index (χ1v) is 6.62. The first-order valence-electron chi connectivity index (χ1n) is 5.83. The Bertz CT molecular complexity index is 546. The van der Waals surface area contributed by atoms with Crippen LogP contribution in [0.2, 0.25) is 0 Å². The highest BCUT2D eigenvalue weighted by Gasteiger charge is 2.21. The van der Waals surface area contributed by atoms with Crippen molar-refractivity contribution in [2.24, 2.45) is 12.9 Å². The van der Waals surface area contributed by atoms with Crippen LogP contribution in [-0.2, 0) is 7.05 Å². The number of nitrogens with two attached hydrogens (primary N) is 1. The summed E-state index contributed by atoms with van der Waals surface area (Å²) in [5.74, 6) is 5.71. The lowest BCUT2D eigenvalue weighted by molar-refractivity contribution is 0.569. The first kappa shape index (κ1) is 14.0. The molecule has 3 N–H and O–H groups in total. The van der Waals surface area contributed by atoms with E-state index in [0.717, 1.165) is 16.9 Å². The molecule has 0 aliphatic heterocycles. The molecular weight excluding hydrogens is 308 g/mol. The summed E-state index contributed by atoms with van der Waals surface area (Å²) in [7, 11) is 5.85. The molecule has 2 rings (SSSR count). The zero-order valence-corrected chi connectivity index (χ0v) is 12.7. The molecule has 1 aromatic heterocycles. The van der Waals surface area contributed by atoms with Crippen molar-refractivity contribution in [1.29, 1.82) is 0 Å². The van der Waals surface area contributed by atoms with Gasteiger partial charge in [-0.05, 0) is 33.6 Å². The van der Waals surface area contributed by atoms with Gasteiger partial charge in [-0.25, -0.2) is 10.1 Å². The smallest absolute Gasteiger partial charge is 0.153 e. The summed E-state index contributed by atoms with van der Waals surface area (Å²) in [6.45, 7) is 0. The van der Waals surface area contributed by atoms with E-state index >= 15 is 0 Å². The molecule has 2 aromatic rings. The molecule has 0 radical (unpaired) electrons. The van der Waals surface area contributed by atoms with Gasteiger partial charge >= 0.3 is 0 Å². The van der Waals surface area contributed by atoms with Crippen molar-refractivity contribution in [2.75, 3.05) is 19.0 Å². The average molecular weight is 325 g/mol. The lowest BCUT2D eigenvalue weighted by Crippen LogP contribution is -2.30. The normalized spacial score (nSPS) is 12.5. The van der Waals surface area contributed by atoms with Crippen molar-refractivity contribution in [3.05, 3.63) is 40.1 Å². The number of aromatic nitrogens is 3. The number of rotatable bonds is 4. The molecule has 1 heterocycles. The minimum Gasteiger partial charge on any atom is -0.378 e. The molecule has 102 valence electrons. The zero-order valence-electron chi connectivity index (χ0n) is 11.1. The predicted octanol–water partition coefficient (Wildman–Crippen LogP) is 1.20. The molecule has 0 aliphatic rings. The second-order valence-electron chi connectivity index (χ2n) is 4.48. The van der Waals surface area contributed by atoms with E-state index in [9.17, 15) is 0 Å². The molecule has 0 bridgehead atoms. The third-order valence-electron chi connectivity index (χ3n) is 2.99. The minimum atomic E-state index is -0.172. The predicted molar refractivity (Wildman–Crippen MR) is 78.6 cm³/mol. The van der Waals surface area contributed by atoms with Crippen molar-refractivity contribution in [2.45, 2.75) is 6.04 Å². The van der Waals surface area contributed by atoms with Crippen LogP contribution in [0.15, 0.2) is 28.9 Å². The summed E-state index contributed by atoms with van der Waals surface area (Å²) in [4.78, 5) is 2.05. The average Bonchev–Trinajstić information content (AvgIpc) is 2.72. The molecule has 0 saturated heterocycles. The number of benzene rings is 1. The van der Waals surface area contributed by atoms with Crippen LogP contribution in [0.25, 0.3) is 0 Å².